The first-order chi connectivity index (χ1) is 6.99. The molecular formula is C8H13N3O2S2. The Morgan fingerprint density at radius 2 is 2.33 bits per heavy atom. The van der Waals surface area contributed by atoms with E-state index in [2.05, 4.69) is 10.2 Å². The van der Waals surface area contributed by atoms with Gasteiger partial charge in [0.05, 0.1) is 17.5 Å². The maximum atomic E-state index is 11.5. The Bertz CT molecular complexity index is 514. The molecule has 0 aliphatic carbocycles. The standard InChI is InChI=1S/C8H13N3O2S2/c1-6-9-10-8(14)11(6)7-3-2-4-15(12,13)5-7/h7H,2-5H2,1H3,(H,10,14). The van der Waals surface area contributed by atoms with Gasteiger partial charge in [0.1, 0.15) is 5.82 Å². The average molecular weight is 247 g/mol. The normalized spacial score (nSPS) is 25.3. The Morgan fingerprint density at radius 1 is 1.60 bits per heavy atom. The van der Waals surface area contributed by atoms with Gasteiger partial charge in [-0.2, -0.15) is 5.10 Å². The van der Waals surface area contributed by atoms with Gasteiger partial charge in [0, 0.05) is 0 Å². The van der Waals surface area contributed by atoms with E-state index in [0.717, 1.165) is 12.2 Å². The van der Waals surface area contributed by atoms with Crippen molar-refractivity contribution in [3.63, 3.8) is 0 Å². The number of hydrogen-bond donors (Lipinski definition) is 1. The third-order valence-corrected chi connectivity index (χ3v) is 4.78. The molecule has 0 spiro atoms. The Labute approximate surface area is 93.4 Å². The summed E-state index contributed by atoms with van der Waals surface area (Å²) in [5.41, 5.74) is 0. The SMILES string of the molecule is Cc1n[nH]c(=S)n1C1CCCS(=O)(=O)C1. The largest absolute Gasteiger partial charge is 0.300 e. The van der Waals surface area contributed by atoms with E-state index in [1.807, 2.05) is 11.5 Å². The number of rotatable bonds is 1. The van der Waals surface area contributed by atoms with Gasteiger partial charge < -0.3 is 4.57 Å². The summed E-state index contributed by atoms with van der Waals surface area (Å²) >= 11 is 5.08. The van der Waals surface area contributed by atoms with E-state index in [4.69, 9.17) is 12.2 Å². The lowest BCUT2D eigenvalue weighted by Crippen LogP contribution is -2.28. The third kappa shape index (κ3) is 2.12. The van der Waals surface area contributed by atoms with Crippen LogP contribution in [0.3, 0.4) is 0 Å². The molecule has 2 rings (SSSR count). The number of H-pyrrole nitrogens is 1. The molecule has 1 N–H and O–H groups in total. The number of aromatic nitrogens is 3. The lowest BCUT2D eigenvalue weighted by molar-refractivity contribution is 0.459. The summed E-state index contributed by atoms with van der Waals surface area (Å²) in [5.74, 6) is 1.23. The van der Waals surface area contributed by atoms with E-state index in [9.17, 15) is 8.42 Å². The molecular weight excluding hydrogens is 234 g/mol. The Balaban J connectivity index is 2.36. The second kappa shape index (κ2) is 3.71. The molecule has 15 heavy (non-hydrogen) atoms. The molecule has 84 valence electrons. The molecule has 1 aliphatic rings. The first kappa shape index (κ1) is 10.8. The van der Waals surface area contributed by atoms with Crippen molar-refractivity contribution in [2.45, 2.75) is 25.8 Å². The van der Waals surface area contributed by atoms with Crippen molar-refractivity contribution in [2.75, 3.05) is 11.5 Å². The lowest BCUT2D eigenvalue weighted by atomic mass is 10.2. The van der Waals surface area contributed by atoms with Crippen molar-refractivity contribution < 1.29 is 8.42 Å². The predicted octanol–water partition coefficient (Wildman–Crippen LogP) is 0.999. The van der Waals surface area contributed by atoms with Gasteiger partial charge >= 0.3 is 0 Å². The van der Waals surface area contributed by atoms with E-state index in [-0.39, 0.29) is 11.8 Å². The fourth-order valence-corrected chi connectivity index (χ4v) is 4.02. The summed E-state index contributed by atoms with van der Waals surface area (Å²) in [6.07, 6.45) is 1.56. The van der Waals surface area contributed by atoms with Crippen LogP contribution in [0.1, 0.15) is 24.7 Å². The quantitative estimate of drug-likeness (QED) is 0.752. The highest BCUT2D eigenvalue weighted by Crippen LogP contribution is 2.24. The van der Waals surface area contributed by atoms with Crippen molar-refractivity contribution in [1.29, 1.82) is 0 Å². The van der Waals surface area contributed by atoms with Gasteiger partial charge in [0.2, 0.25) is 0 Å². The fraction of sp³-hybridized carbons (Fsp3) is 0.750. The van der Waals surface area contributed by atoms with E-state index < -0.39 is 9.84 Å². The highest BCUT2D eigenvalue weighted by atomic mass is 32.2. The predicted molar refractivity (Wildman–Crippen MR) is 59.1 cm³/mol. The summed E-state index contributed by atoms with van der Waals surface area (Å²) < 4.78 is 25.3. The summed E-state index contributed by atoms with van der Waals surface area (Å²) in [6, 6.07) is -0.0463. The van der Waals surface area contributed by atoms with Crippen molar-refractivity contribution >= 4 is 22.1 Å². The minimum absolute atomic E-state index is 0.0463. The van der Waals surface area contributed by atoms with Gasteiger partial charge in [-0.1, -0.05) is 0 Å². The number of aryl methyl sites for hydroxylation is 1. The van der Waals surface area contributed by atoms with Crippen molar-refractivity contribution in [3.05, 3.63) is 10.6 Å². The van der Waals surface area contributed by atoms with Crippen molar-refractivity contribution in [2.24, 2.45) is 0 Å². The zero-order valence-corrected chi connectivity index (χ0v) is 10.1. The number of nitrogens with one attached hydrogen (secondary N) is 1. The molecule has 0 amide bonds. The average Bonchev–Trinajstić information content (AvgIpc) is 2.44. The molecule has 7 heteroatoms. The van der Waals surface area contributed by atoms with Crippen molar-refractivity contribution in [3.8, 4) is 0 Å². The molecule has 1 aromatic rings. The van der Waals surface area contributed by atoms with Crippen LogP contribution in [0.15, 0.2) is 0 Å². The molecule has 1 unspecified atom stereocenters. The summed E-state index contributed by atoms with van der Waals surface area (Å²) in [7, 11) is -2.90. The summed E-state index contributed by atoms with van der Waals surface area (Å²) in [5, 5.41) is 6.67. The maximum absolute atomic E-state index is 11.5. The maximum Gasteiger partial charge on any atom is 0.195 e. The number of sulfone groups is 1. The van der Waals surface area contributed by atoms with Crippen LogP contribution in [0.2, 0.25) is 0 Å². The summed E-state index contributed by atoms with van der Waals surface area (Å²) in [6.45, 7) is 1.83. The van der Waals surface area contributed by atoms with Crippen molar-refractivity contribution in [1.82, 2.24) is 14.8 Å². The Kier molecular flexibility index (Phi) is 2.68. The van der Waals surface area contributed by atoms with Gasteiger partial charge in [-0.05, 0) is 32.0 Å². The smallest absolute Gasteiger partial charge is 0.195 e. The molecule has 1 atom stereocenters. The van der Waals surface area contributed by atoms with Crippen LogP contribution in [0.4, 0.5) is 0 Å². The Hall–Kier alpha value is -0.690. The molecule has 1 aromatic heterocycles. The van der Waals surface area contributed by atoms with Gasteiger partial charge in [-0.3, -0.25) is 5.10 Å². The van der Waals surface area contributed by atoms with Crippen LogP contribution in [0.25, 0.3) is 0 Å². The third-order valence-electron chi connectivity index (χ3n) is 2.68. The van der Waals surface area contributed by atoms with Crippen LogP contribution < -0.4 is 0 Å². The molecule has 1 fully saturated rings. The number of nitrogens with zero attached hydrogens (tertiary/aromatic N) is 2. The second-order valence-corrected chi connectivity index (χ2v) is 6.47. The van der Waals surface area contributed by atoms with Crippen LogP contribution in [0, 0.1) is 11.7 Å². The van der Waals surface area contributed by atoms with Crippen LogP contribution in [-0.2, 0) is 9.84 Å². The van der Waals surface area contributed by atoms with Gasteiger partial charge in [-0.25, -0.2) is 8.42 Å². The van der Waals surface area contributed by atoms with E-state index in [1.165, 1.54) is 0 Å². The topological polar surface area (TPSA) is 67.8 Å². The molecule has 2 heterocycles. The van der Waals surface area contributed by atoms with E-state index in [1.54, 1.807) is 0 Å². The van der Waals surface area contributed by atoms with Crippen LogP contribution in [-0.4, -0.2) is 34.7 Å². The van der Waals surface area contributed by atoms with Crippen LogP contribution >= 0.6 is 12.2 Å². The fourth-order valence-electron chi connectivity index (χ4n) is 2.02. The van der Waals surface area contributed by atoms with Gasteiger partial charge in [-0.15, -0.1) is 0 Å². The number of hydrogen-bond acceptors (Lipinski definition) is 4. The molecule has 1 saturated heterocycles. The highest BCUT2D eigenvalue weighted by Gasteiger charge is 2.27. The molecule has 0 aromatic carbocycles. The molecule has 0 saturated carbocycles. The van der Waals surface area contributed by atoms with Gasteiger partial charge in [0.25, 0.3) is 0 Å². The van der Waals surface area contributed by atoms with E-state index in [0.29, 0.717) is 16.9 Å². The monoisotopic (exact) mass is 247 g/mol. The van der Waals surface area contributed by atoms with E-state index >= 15 is 0 Å². The summed E-state index contributed by atoms with van der Waals surface area (Å²) in [4.78, 5) is 0. The minimum atomic E-state index is -2.90. The molecule has 5 nitrogen and oxygen atoms in total. The molecule has 0 radical (unpaired) electrons. The lowest BCUT2D eigenvalue weighted by Gasteiger charge is -2.23. The zero-order chi connectivity index (χ0) is 11.1. The van der Waals surface area contributed by atoms with Crippen LogP contribution in [0.5, 0.6) is 0 Å². The number of aromatic amines is 1. The first-order valence-corrected chi connectivity index (χ1v) is 7.06. The minimum Gasteiger partial charge on any atom is -0.300 e. The highest BCUT2D eigenvalue weighted by molar-refractivity contribution is 7.91. The Morgan fingerprint density at radius 3 is 2.87 bits per heavy atom. The first-order valence-electron chi connectivity index (χ1n) is 4.83. The zero-order valence-electron chi connectivity index (χ0n) is 8.43. The molecule has 1 aliphatic heterocycles. The molecule has 0 bridgehead atoms. The second-order valence-electron chi connectivity index (χ2n) is 3.86. The van der Waals surface area contributed by atoms with Gasteiger partial charge in [0.15, 0.2) is 14.6 Å².